The van der Waals surface area contributed by atoms with E-state index in [9.17, 15) is 9.18 Å². The van der Waals surface area contributed by atoms with Gasteiger partial charge in [0.15, 0.2) is 5.13 Å². The lowest BCUT2D eigenvalue weighted by Gasteiger charge is -2.38. The first-order valence-electron chi connectivity index (χ1n) is 10.3. The summed E-state index contributed by atoms with van der Waals surface area (Å²) in [7, 11) is 0. The van der Waals surface area contributed by atoms with E-state index in [1.807, 2.05) is 11.0 Å². The molecule has 1 saturated heterocycles. The number of aryl methyl sites for hydroxylation is 2. The van der Waals surface area contributed by atoms with E-state index in [1.54, 1.807) is 23.5 Å². The number of hydrogen-bond acceptors (Lipinski definition) is 4. The Morgan fingerprint density at radius 2 is 1.96 bits per heavy atom. The lowest BCUT2D eigenvalue weighted by atomic mass is 10.0. The number of rotatable bonds is 2. The molecule has 1 aromatic heterocycles. The Labute approximate surface area is 168 Å². The molecular formula is C21H25FN4OS. The standard InChI is InChI=1S/C21H25FN4OS/c22-15-6-5-14-7-12-26(18(14)13-15)16-8-10-25(11-9-16)21(27)24-20-23-17-3-1-2-4-19(17)28-20/h5-6,13,16H,1-4,7-12H2,(H,23,24,27). The molecule has 3 aliphatic rings. The first kappa shape index (κ1) is 17.9. The molecule has 2 aromatic rings. The van der Waals surface area contributed by atoms with Crippen LogP contribution in [0.15, 0.2) is 18.2 Å². The third-order valence-electron chi connectivity index (χ3n) is 6.23. The van der Waals surface area contributed by atoms with Crippen LogP contribution in [-0.2, 0) is 19.3 Å². The number of nitrogens with one attached hydrogen (secondary N) is 1. The maximum Gasteiger partial charge on any atom is 0.323 e. The van der Waals surface area contributed by atoms with Crippen LogP contribution in [0.1, 0.15) is 41.8 Å². The molecule has 1 aromatic carbocycles. The number of thiazole rings is 1. The summed E-state index contributed by atoms with van der Waals surface area (Å²) in [4.78, 5) is 22.8. The molecule has 0 spiro atoms. The highest BCUT2D eigenvalue weighted by molar-refractivity contribution is 7.15. The number of piperidine rings is 1. The van der Waals surface area contributed by atoms with Gasteiger partial charge in [0, 0.05) is 36.2 Å². The van der Waals surface area contributed by atoms with Gasteiger partial charge in [-0.1, -0.05) is 6.07 Å². The minimum Gasteiger partial charge on any atom is -0.368 e. The maximum absolute atomic E-state index is 13.7. The Balaban J connectivity index is 1.19. The van der Waals surface area contributed by atoms with Gasteiger partial charge in [-0.15, -0.1) is 11.3 Å². The third kappa shape index (κ3) is 3.36. The fourth-order valence-electron chi connectivity index (χ4n) is 4.71. The lowest BCUT2D eigenvalue weighted by molar-refractivity contribution is 0.193. The van der Waals surface area contributed by atoms with Crippen molar-refractivity contribution in [2.75, 3.05) is 29.9 Å². The number of likely N-dealkylation sites (tertiary alicyclic amines) is 1. The van der Waals surface area contributed by atoms with Crippen molar-refractivity contribution in [1.29, 1.82) is 0 Å². The number of urea groups is 1. The average Bonchev–Trinajstić information content (AvgIpc) is 3.31. The number of nitrogens with zero attached hydrogens (tertiary/aromatic N) is 3. The molecule has 148 valence electrons. The van der Waals surface area contributed by atoms with E-state index < -0.39 is 0 Å². The van der Waals surface area contributed by atoms with Gasteiger partial charge in [-0.05, 0) is 62.6 Å². The molecule has 1 fully saturated rings. The number of aromatic nitrogens is 1. The summed E-state index contributed by atoms with van der Waals surface area (Å²) < 4.78 is 13.7. The van der Waals surface area contributed by atoms with Gasteiger partial charge in [0.1, 0.15) is 5.82 Å². The van der Waals surface area contributed by atoms with Crippen molar-refractivity contribution in [3.8, 4) is 0 Å². The number of amides is 2. The van der Waals surface area contributed by atoms with E-state index in [-0.39, 0.29) is 11.8 Å². The molecule has 0 unspecified atom stereocenters. The molecule has 0 bridgehead atoms. The molecule has 0 radical (unpaired) electrons. The molecule has 0 saturated carbocycles. The number of benzene rings is 1. The minimum atomic E-state index is -0.173. The second kappa shape index (κ2) is 7.35. The second-order valence-electron chi connectivity index (χ2n) is 7.96. The van der Waals surface area contributed by atoms with Crippen molar-refractivity contribution in [3.63, 3.8) is 0 Å². The number of carbonyl (C=O) groups is 1. The lowest BCUT2D eigenvalue weighted by Crippen LogP contribution is -2.47. The topological polar surface area (TPSA) is 48.5 Å². The van der Waals surface area contributed by atoms with Gasteiger partial charge in [-0.3, -0.25) is 5.32 Å². The molecule has 3 heterocycles. The number of hydrogen-bond donors (Lipinski definition) is 1. The van der Waals surface area contributed by atoms with Crippen LogP contribution in [-0.4, -0.2) is 41.6 Å². The van der Waals surface area contributed by atoms with Gasteiger partial charge in [0.2, 0.25) is 0 Å². The summed E-state index contributed by atoms with van der Waals surface area (Å²) in [6.07, 6.45) is 7.35. The van der Waals surface area contributed by atoms with Crippen molar-refractivity contribution in [1.82, 2.24) is 9.88 Å². The van der Waals surface area contributed by atoms with Crippen molar-refractivity contribution < 1.29 is 9.18 Å². The second-order valence-corrected chi connectivity index (χ2v) is 9.04. The molecule has 7 heteroatoms. The summed E-state index contributed by atoms with van der Waals surface area (Å²) in [5.41, 5.74) is 3.44. The molecule has 2 aliphatic heterocycles. The fraction of sp³-hybridized carbons (Fsp3) is 0.524. The predicted octanol–water partition coefficient (Wildman–Crippen LogP) is 4.22. The number of anilines is 2. The molecule has 5 nitrogen and oxygen atoms in total. The van der Waals surface area contributed by atoms with Crippen LogP contribution in [0.4, 0.5) is 20.0 Å². The van der Waals surface area contributed by atoms with Crippen molar-refractivity contribution >= 4 is 28.2 Å². The fourth-order valence-corrected chi connectivity index (χ4v) is 5.75. The van der Waals surface area contributed by atoms with Gasteiger partial charge in [-0.2, -0.15) is 0 Å². The van der Waals surface area contributed by atoms with Crippen LogP contribution >= 0.6 is 11.3 Å². The van der Waals surface area contributed by atoms with Gasteiger partial charge in [-0.25, -0.2) is 14.2 Å². The molecule has 5 rings (SSSR count). The Kier molecular flexibility index (Phi) is 4.70. The Hall–Kier alpha value is -2.15. The van der Waals surface area contributed by atoms with Crippen LogP contribution in [0.3, 0.4) is 0 Å². The van der Waals surface area contributed by atoms with Crippen molar-refractivity contribution in [3.05, 3.63) is 40.2 Å². The quantitative estimate of drug-likeness (QED) is 0.821. The SMILES string of the molecule is O=C(Nc1nc2c(s1)CCCC2)N1CCC(N2CCc3ccc(F)cc32)CC1. The van der Waals surface area contributed by atoms with Gasteiger partial charge >= 0.3 is 6.03 Å². The third-order valence-corrected chi connectivity index (χ3v) is 7.30. The molecule has 2 amide bonds. The van der Waals surface area contributed by atoms with E-state index in [1.165, 1.54) is 29.0 Å². The number of carbonyl (C=O) groups excluding carboxylic acids is 1. The molecule has 0 atom stereocenters. The largest absolute Gasteiger partial charge is 0.368 e. The molecular weight excluding hydrogens is 375 g/mol. The van der Waals surface area contributed by atoms with Crippen LogP contribution < -0.4 is 10.2 Å². The van der Waals surface area contributed by atoms with E-state index >= 15 is 0 Å². The Bertz CT molecular complexity index is 867. The van der Waals surface area contributed by atoms with E-state index in [2.05, 4.69) is 15.2 Å². The van der Waals surface area contributed by atoms with Crippen LogP contribution in [0.2, 0.25) is 0 Å². The summed E-state index contributed by atoms with van der Waals surface area (Å²) in [5, 5.41) is 3.75. The highest BCUT2D eigenvalue weighted by atomic mass is 32.1. The predicted molar refractivity (Wildman–Crippen MR) is 110 cm³/mol. The zero-order valence-electron chi connectivity index (χ0n) is 15.9. The average molecular weight is 401 g/mol. The monoisotopic (exact) mass is 400 g/mol. The van der Waals surface area contributed by atoms with Crippen molar-refractivity contribution in [2.45, 2.75) is 51.0 Å². The zero-order chi connectivity index (χ0) is 19.1. The maximum atomic E-state index is 13.7. The Morgan fingerprint density at radius 1 is 1.14 bits per heavy atom. The Morgan fingerprint density at radius 3 is 2.79 bits per heavy atom. The van der Waals surface area contributed by atoms with Crippen LogP contribution in [0, 0.1) is 5.82 Å². The van der Waals surface area contributed by atoms with Gasteiger partial charge < -0.3 is 9.80 Å². The normalized spacial score (nSPS) is 19.5. The summed E-state index contributed by atoms with van der Waals surface area (Å²) in [6, 6.07) is 5.44. The first-order chi connectivity index (χ1) is 13.7. The number of fused-ring (bicyclic) bond motifs is 2. The molecule has 1 aliphatic carbocycles. The smallest absolute Gasteiger partial charge is 0.323 e. The first-order valence-corrected chi connectivity index (χ1v) is 11.1. The van der Waals surface area contributed by atoms with Gasteiger partial charge in [0.05, 0.1) is 5.69 Å². The van der Waals surface area contributed by atoms with E-state index in [0.717, 1.165) is 62.6 Å². The molecule has 1 N–H and O–H groups in total. The highest BCUT2D eigenvalue weighted by Gasteiger charge is 2.31. The highest BCUT2D eigenvalue weighted by Crippen LogP contribution is 2.34. The van der Waals surface area contributed by atoms with Gasteiger partial charge in [0.25, 0.3) is 0 Å². The van der Waals surface area contributed by atoms with Crippen LogP contribution in [0.25, 0.3) is 0 Å². The summed E-state index contributed by atoms with van der Waals surface area (Å²) in [5.74, 6) is -0.173. The summed E-state index contributed by atoms with van der Waals surface area (Å²) >= 11 is 1.63. The van der Waals surface area contributed by atoms with Crippen molar-refractivity contribution in [2.24, 2.45) is 0 Å². The minimum absolute atomic E-state index is 0.0441. The van der Waals surface area contributed by atoms with E-state index in [0.29, 0.717) is 6.04 Å². The van der Waals surface area contributed by atoms with Crippen LogP contribution in [0.5, 0.6) is 0 Å². The molecule has 28 heavy (non-hydrogen) atoms. The number of halogens is 1. The van der Waals surface area contributed by atoms with E-state index in [4.69, 9.17) is 0 Å². The summed E-state index contributed by atoms with van der Waals surface area (Å²) in [6.45, 7) is 2.39. The zero-order valence-corrected chi connectivity index (χ0v) is 16.7.